The second-order valence-corrected chi connectivity index (χ2v) is 9.47. The molecule has 32 heavy (non-hydrogen) atoms. The highest BCUT2D eigenvalue weighted by Gasteiger charge is 2.42. The van der Waals surface area contributed by atoms with Crippen LogP contribution < -0.4 is 11.5 Å². The number of rotatable bonds is 7. The first kappa shape index (κ1) is 21.8. The van der Waals surface area contributed by atoms with E-state index in [1.54, 1.807) is 29.5 Å². The molecule has 1 atom stereocenters. The average Bonchev–Trinajstić information content (AvgIpc) is 3.22. The quantitative estimate of drug-likeness (QED) is 0.413. The van der Waals surface area contributed by atoms with Crippen molar-refractivity contribution >= 4 is 28.5 Å². The number of aryl methyl sites for hydroxylation is 1. The van der Waals surface area contributed by atoms with E-state index < -0.39 is 22.1 Å². The first-order valence-electron chi connectivity index (χ1n) is 10.3. The SMILES string of the molecule is CS(=O)CCn1cc(C(=O)N=C(N)C2(c3ccc(-c4cnc(N)nc4)cc3)CCC2)cn1. The third-order valence-corrected chi connectivity index (χ3v) is 6.61. The summed E-state index contributed by atoms with van der Waals surface area (Å²) in [5.74, 6) is 0.605. The Kier molecular flexibility index (Phi) is 6.13. The first-order valence-corrected chi connectivity index (χ1v) is 12.0. The third kappa shape index (κ3) is 4.45. The number of amidine groups is 1. The van der Waals surface area contributed by atoms with Crippen LogP contribution in [0.2, 0.25) is 0 Å². The standard InChI is InChI=1S/C22H25N7O2S/c1-32(31)10-9-29-14-17(13-27-29)19(30)28-20(23)22(7-2-8-22)18-5-3-15(4-6-18)16-11-25-21(24)26-12-16/h3-6,11-14H,2,7-10H2,1H3,(H2,23,28,30)(H2,24,25,26). The molecule has 4 rings (SSSR count). The summed E-state index contributed by atoms with van der Waals surface area (Å²) in [7, 11) is -0.924. The topological polar surface area (TPSA) is 142 Å². The molecule has 1 aliphatic carbocycles. The van der Waals surface area contributed by atoms with Gasteiger partial charge in [-0.1, -0.05) is 30.7 Å². The van der Waals surface area contributed by atoms with Gasteiger partial charge in [-0.05, 0) is 24.0 Å². The van der Waals surface area contributed by atoms with Crippen LogP contribution in [0.3, 0.4) is 0 Å². The number of hydrogen-bond acceptors (Lipinski definition) is 6. The number of amides is 1. The Morgan fingerprint density at radius 1 is 1.16 bits per heavy atom. The second-order valence-electron chi connectivity index (χ2n) is 7.91. The summed E-state index contributed by atoms with van der Waals surface area (Å²) in [5.41, 5.74) is 14.7. The fourth-order valence-electron chi connectivity index (χ4n) is 3.79. The van der Waals surface area contributed by atoms with E-state index in [-0.39, 0.29) is 5.95 Å². The summed E-state index contributed by atoms with van der Waals surface area (Å²) in [6.07, 6.45) is 10.8. The summed E-state index contributed by atoms with van der Waals surface area (Å²) in [4.78, 5) is 25.0. The number of nitrogens with zero attached hydrogens (tertiary/aromatic N) is 5. The van der Waals surface area contributed by atoms with Crippen LogP contribution in [-0.4, -0.2) is 47.7 Å². The zero-order valence-corrected chi connectivity index (χ0v) is 18.6. The molecule has 0 aliphatic heterocycles. The Labute approximate surface area is 188 Å². The maximum Gasteiger partial charge on any atom is 0.281 e. The predicted molar refractivity (Wildman–Crippen MR) is 125 cm³/mol. The summed E-state index contributed by atoms with van der Waals surface area (Å²) in [6, 6.07) is 8.00. The van der Waals surface area contributed by atoms with E-state index in [1.807, 2.05) is 24.3 Å². The van der Waals surface area contributed by atoms with E-state index >= 15 is 0 Å². The summed E-state index contributed by atoms with van der Waals surface area (Å²) < 4.78 is 12.9. The molecule has 1 amide bonds. The highest BCUT2D eigenvalue weighted by atomic mass is 32.2. The van der Waals surface area contributed by atoms with Gasteiger partial charge in [-0.2, -0.15) is 10.1 Å². The fraction of sp³-hybridized carbons (Fsp3) is 0.318. The lowest BCUT2D eigenvalue weighted by atomic mass is 9.63. The van der Waals surface area contributed by atoms with Crippen LogP contribution in [-0.2, 0) is 22.8 Å². The molecule has 1 unspecified atom stereocenters. The molecule has 10 heteroatoms. The van der Waals surface area contributed by atoms with E-state index in [4.69, 9.17) is 11.5 Å². The van der Waals surface area contributed by atoms with Crippen LogP contribution in [0.5, 0.6) is 0 Å². The van der Waals surface area contributed by atoms with E-state index in [9.17, 15) is 9.00 Å². The number of aliphatic imine (C=N–C) groups is 1. The van der Waals surface area contributed by atoms with Crippen LogP contribution in [0, 0.1) is 0 Å². The van der Waals surface area contributed by atoms with Crippen LogP contribution >= 0.6 is 0 Å². The van der Waals surface area contributed by atoms with Crippen molar-refractivity contribution in [3.8, 4) is 11.1 Å². The number of hydrogen-bond donors (Lipinski definition) is 2. The van der Waals surface area contributed by atoms with Crippen LogP contribution in [0.25, 0.3) is 11.1 Å². The highest BCUT2D eigenvalue weighted by molar-refractivity contribution is 7.84. The second kappa shape index (κ2) is 8.99. The number of anilines is 1. The molecule has 0 radical (unpaired) electrons. The van der Waals surface area contributed by atoms with Gasteiger partial charge >= 0.3 is 0 Å². The number of benzene rings is 1. The van der Waals surface area contributed by atoms with Gasteiger partial charge in [0.15, 0.2) is 0 Å². The lowest BCUT2D eigenvalue weighted by Crippen LogP contribution is -2.47. The number of aromatic nitrogens is 4. The maximum atomic E-state index is 12.7. The van der Waals surface area contributed by atoms with Gasteiger partial charge in [-0.3, -0.25) is 13.7 Å². The van der Waals surface area contributed by atoms with Crippen molar-refractivity contribution in [1.82, 2.24) is 19.7 Å². The van der Waals surface area contributed by atoms with Crippen LogP contribution in [0.4, 0.5) is 5.95 Å². The lowest BCUT2D eigenvalue weighted by molar-refractivity contribution is 0.100. The molecule has 0 spiro atoms. The van der Waals surface area contributed by atoms with Crippen molar-refractivity contribution < 1.29 is 9.00 Å². The van der Waals surface area contributed by atoms with Gasteiger partial charge in [-0.15, -0.1) is 0 Å². The molecule has 2 aromatic heterocycles. The molecule has 166 valence electrons. The van der Waals surface area contributed by atoms with Crippen LogP contribution in [0.1, 0.15) is 35.2 Å². The number of nitrogens with two attached hydrogens (primary N) is 2. The Hall–Kier alpha value is -3.40. The smallest absolute Gasteiger partial charge is 0.281 e. The molecular formula is C22H25N7O2S. The van der Waals surface area contributed by atoms with E-state index in [1.165, 1.54) is 6.20 Å². The van der Waals surface area contributed by atoms with Gasteiger partial charge in [-0.25, -0.2) is 9.97 Å². The van der Waals surface area contributed by atoms with Crippen molar-refractivity contribution in [3.63, 3.8) is 0 Å². The minimum absolute atomic E-state index is 0.235. The first-order chi connectivity index (χ1) is 15.4. The molecule has 0 saturated heterocycles. The molecular weight excluding hydrogens is 426 g/mol. The Morgan fingerprint density at radius 2 is 1.84 bits per heavy atom. The predicted octanol–water partition coefficient (Wildman–Crippen LogP) is 1.92. The molecule has 1 aromatic carbocycles. The monoisotopic (exact) mass is 451 g/mol. The minimum Gasteiger partial charge on any atom is -0.386 e. The van der Waals surface area contributed by atoms with E-state index in [0.717, 1.165) is 36.0 Å². The largest absolute Gasteiger partial charge is 0.386 e. The van der Waals surface area contributed by atoms with Gasteiger partial charge in [0.1, 0.15) is 5.84 Å². The molecule has 4 N–H and O–H groups in total. The summed E-state index contributed by atoms with van der Waals surface area (Å²) in [5, 5.41) is 4.15. The molecule has 1 saturated carbocycles. The zero-order valence-electron chi connectivity index (χ0n) is 17.8. The molecule has 0 bridgehead atoms. The van der Waals surface area contributed by atoms with Gasteiger partial charge in [0.2, 0.25) is 5.95 Å². The molecule has 2 heterocycles. The summed E-state index contributed by atoms with van der Waals surface area (Å²) >= 11 is 0. The molecule has 3 aromatic rings. The fourth-order valence-corrected chi connectivity index (χ4v) is 4.24. The molecule has 1 fully saturated rings. The molecule has 9 nitrogen and oxygen atoms in total. The highest BCUT2D eigenvalue weighted by Crippen LogP contribution is 2.44. The van der Waals surface area contributed by atoms with Gasteiger partial charge in [0.25, 0.3) is 5.91 Å². The van der Waals surface area contributed by atoms with Crippen molar-refractivity contribution in [2.45, 2.75) is 31.2 Å². The molecule has 1 aliphatic rings. The number of carbonyl (C=O) groups excluding carboxylic acids is 1. The van der Waals surface area contributed by atoms with E-state index in [2.05, 4.69) is 20.1 Å². The zero-order chi connectivity index (χ0) is 22.7. The normalized spacial score (nSPS) is 16.3. The van der Waals surface area contributed by atoms with Crippen molar-refractivity contribution in [3.05, 3.63) is 60.2 Å². The Balaban J connectivity index is 1.53. The average molecular weight is 452 g/mol. The maximum absolute atomic E-state index is 12.7. The van der Waals surface area contributed by atoms with Gasteiger partial charge < -0.3 is 11.5 Å². The lowest BCUT2D eigenvalue weighted by Gasteiger charge is -2.41. The van der Waals surface area contributed by atoms with Crippen LogP contribution in [0.15, 0.2) is 54.0 Å². The van der Waals surface area contributed by atoms with E-state index in [0.29, 0.717) is 23.7 Å². The Bertz CT molecular complexity index is 1170. The van der Waals surface area contributed by atoms with Crippen molar-refractivity contribution in [2.24, 2.45) is 10.7 Å². The summed E-state index contributed by atoms with van der Waals surface area (Å²) in [6.45, 7) is 0.477. The van der Waals surface area contributed by atoms with Gasteiger partial charge in [0.05, 0.1) is 23.7 Å². The van der Waals surface area contributed by atoms with Crippen molar-refractivity contribution in [2.75, 3.05) is 17.7 Å². The minimum atomic E-state index is -0.924. The third-order valence-electron chi connectivity index (χ3n) is 5.85. The van der Waals surface area contributed by atoms with Gasteiger partial charge in [0, 0.05) is 47.0 Å². The Morgan fingerprint density at radius 3 is 2.44 bits per heavy atom. The van der Waals surface area contributed by atoms with Crippen molar-refractivity contribution in [1.29, 1.82) is 0 Å². The number of nitrogen functional groups attached to an aromatic ring is 1. The number of carbonyl (C=O) groups is 1.